The molecule has 0 aliphatic carbocycles. The Hall–Kier alpha value is -3.14. The Bertz CT molecular complexity index is 969. The Labute approximate surface area is 153 Å². The van der Waals surface area contributed by atoms with Gasteiger partial charge < -0.3 is 4.74 Å². The van der Waals surface area contributed by atoms with Crippen LogP contribution in [-0.2, 0) is 22.5 Å². The van der Waals surface area contributed by atoms with E-state index in [1.807, 2.05) is 36.4 Å². The molecule has 0 saturated heterocycles. The fourth-order valence-corrected chi connectivity index (χ4v) is 2.93. The molecule has 4 nitrogen and oxygen atoms in total. The first-order valence-corrected chi connectivity index (χ1v) is 8.54. The monoisotopic (exact) mass is 346 g/mol. The summed E-state index contributed by atoms with van der Waals surface area (Å²) in [6, 6.07) is 16.2. The third-order valence-electron chi connectivity index (χ3n) is 4.39. The zero-order valence-electron chi connectivity index (χ0n) is 14.9. The lowest BCUT2D eigenvalue weighted by molar-refractivity contribution is -0.141. The summed E-state index contributed by atoms with van der Waals surface area (Å²) in [6.45, 7) is 7.82. The van der Waals surface area contributed by atoms with Gasteiger partial charge in [-0.1, -0.05) is 61.2 Å². The van der Waals surface area contributed by atoms with Crippen LogP contribution in [-0.4, -0.2) is 22.9 Å². The van der Waals surface area contributed by atoms with E-state index in [0.717, 1.165) is 40.6 Å². The van der Waals surface area contributed by atoms with Crippen LogP contribution in [0.15, 0.2) is 73.3 Å². The molecule has 0 aliphatic heterocycles. The maximum Gasteiger partial charge on any atom is 0.327 e. The Morgan fingerprint density at radius 1 is 1.23 bits per heavy atom. The minimum atomic E-state index is -0.318. The number of ether oxygens (including phenoxy) is 1. The van der Waals surface area contributed by atoms with Gasteiger partial charge in [0, 0.05) is 10.9 Å². The first-order chi connectivity index (χ1) is 12.6. The minimum Gasteiger partial charge on any atom is -0.468 e. The highest BCUT2D eigenvalue weighted by Crippen LogP contribution is 2.29. The van der Waals surface area contributed by atoms with Gasteiger partial charge in [0.05, 0.1) is 12.6 Å². The van der Waals surface area contributed by atoms with Gasteiger partial charge in [-0.25, -0.2) is 0 Å². The van der Waals surface area contributed by atoms with Crippen molar-refractivity contribution in [3.63, 3.8) is 0 Å². The Kier molecular flexibility index (Phi) is 5.32. The highest BCUT2D eigenvalue weighted by Gasteiger charge is 2.14. The summed E-state index contributed by atoms with van der Waals surface area (Å²) in [6.07, 6.45) is 3.58. The highest BCUT2D eigenvalue weighted by molar-refractivity contribution is 5.94. The number of benzene rings is 2. The first kappa shape index (κ1) is 17.7. The number of hydrogen-bond donors (Lipinski definition) is 0. The molecule has 26 heavy (non-hydrogen) atoms. The van der Waals surface area contributed by atoms with Gasteiger partial charge in [-0.05, 0) is 30.5 Å². The number of allylic oxidation sites excluding steroid dienone is 2. The summed E-state index contributed by atoms with van der Waals surface area (Å²) in [5.74, 6) is -0.318. The maximum atomic E-state index is 11.7. The number of esters is 1. The van der Waals surface area contributed by atoms with E-state index >= 15 is 0 Å². The first-order valence-electron chi connectivity index (χ1n) is 8.54. The van der Waals surface area contributed by atoms with Crippen LogP contribution in [0.4, 0.5) is 0 Å². The number of aryl methyl sites for hydroxylation is 1. The largest absolute Gasteiger partial charge is 0.468 e. The van der Waals surface area contributed by atoms with Crippen molar-refractivity contribution >= 4 is 16.9 Å². The number of aromatic nitrogens is 2. The van der Waals surface area contributed by atoms with Crippen molar-refractivity contribution in [2.45, 2.75) is 19.4 Å². The van der Waals surface area contributed by atoms with Crippen LogP contribution in [0.25, 0.3) is 22.2 Å². The zero-order valence-corrected chi connectivity index (χ0v) is 14.9. The molecule has 132 valence electrons. The molecule has 0 amide bonds. The SMILES string of the molecule is C=CC(=C)CCc1cccc(-c2nn(CC(=O)OC)c3ccccc23)c1. The summed E-state index contributed by atoms with van der Waals surface area (Å²) in [5, 5.41) is 5.70. The Morgan fingerprint density at radius 3 is 2.81 bits per heavy atom. The van der Waals surface area contributed by atoms with Crippen LogP contribution in [0.2, 0.25) is 0 Å². The van der Waals surface area contributed by atoms with E-state index < -0.39 is 0 Å². The van der Waals surface area contributed by atoms with Crippen molar-refractivity contribution in [2.75, 3.05) is 7.11 Å². The second-order valence-electron chi connectivity index (χ2n) is 6.16. The summed E-state index contributed by atoms with van der Waals surface area (Å²) in [5.41, 5.74) is 5.07. The van der Waals surface area contributed by atoms with Crippen LogP contribution in [0.5, 0.6) is 0 Å². The lowest BCUT2D eigenvalue weighted by Crippen LogP contribution is -2.12. The number of hydrogen-bond acceptors (Lipinski definition) is 3. The number of carbonyl (C=O) groups excluding carboxylic acids is 1. The van der Waals surface area contributed by atoms with E-state index in [2.05, 4.69) is 30.4 Å². The zero-order chi connectivity index (χ0) is 18.5. The van der Waals surface area contributed by atoms with Gasteiger partial charge >= 0.3 is 5.97 Å². The predicted octanol–water partition coefficient (Wildman–Crippen LogP) is 4.55. The van der Waals surface area contributed by atoms with E-state index in [-0.39, 0.29) is 12.5 Å². The Balaban J connectivity index is 1.98. The van der Waals surface area contributed by atoms with E-state index in [1.165, 1.54) is 12.7 Å². The summed E-state index contributed by atoms with van der Waals surface area (Å²) >= 11 is 0. The standard InChI is InChI=1S/C22H22N2O2/c1-4-16(2)12-13-17-8-7-9-18(14-17)22-19-10-5-6-11-20(19)24(23-22)15-21(25)26-3/h4-11,14H,1-2,12-13,15H2,3H3. The van der Waals surface area contributed by atoms with Gasteiger partial charge in [-0.15, -0.1) is 0 Å². The molecule has 0 saturated carbocycles. The molecule has 0 aliphatic rings. The van der Waals surface area contributed by atoms with E-state index in [4.69, 9.17) is 4.74 Å². The average Bonchev–Trinajstić information content (AvgIpc) is 3.04. The number of methoxy groups -OCH3 is 1. The molecule has 0 N–H and O–H groups in total. The highest BCUT2D eigenvalue weighted by atomic mass is 16.5. The van der Waals surface area contributed by atoms with Gasteiger partial charge in [0.1, 0.15) is 12.2 Å². The molecule has 4 heteroatoms. The van der Waals surface area contributed by atoms with Crippen LogP contribution in [0, 0.1) is 0 Å². The van der Waals surface area contributed by atoms with Crippen LogP contribution in [0.3, 0.4) is 0 Å². The minimum absolute atomic E-state index is 0.0931. The van der Waals surface area contributed by atoms with Crippen molar-refractivity contribution < 1.29 is 9.53 Å². The quantitative estimate of drug-likeness (QED) is 0.466. The van der Waals surface area contributed by atoms with E-state index in [0.29, 0.717) is 0 Å². The molecular formula is C22H22N2O2. The molecule has 0 spiro atoms. The molecule has 3 rings (SSSR count). The molecule has 2 aromatic carbocycles. The third kappa shape index (κ3) is 3.75. The fourth-order valence-electron chi connectivity index (χ4n) is 2.93. The predicted molar refractivity (Wildman–Crippen MR) is 105 cm³/mol. The molecule has 0 fully saturated rings. The molecule has 0 unspecified atom stereocenters. The molecule has 0 atom stereocenters. The number of nitrogens with zero attached hydrogens (tertiary/aromatic N) is 2. The summed E-state index contributed by atoms with van der Waals surface area (Å²) < 4.78 is 6.48. The van der Waals surface area contributed by atoms with Gasteiger partial charge in [0.15, 0.2) is 0 Å². The van der Waals surface area contributed by atoms with Crippen LogP contribution in [0.1, 0.15) is 12.0 Å². The molecule has 3 aromatic rings. The van der Waals surface area contributed by atoms with Gasteiger partial charge in [-0.2, -0.15) is 5.10 Å². The summed E-state index contributed by atoms with van der Waals surface area (Å²) in [4.78, 5) is 11.7. The number of fused-ring (bicyclic) bond motifs is 1. The second kappa shape index (κ2) is 7.83. The van der Waals surface area contributed by atoms with Gasteiger partial charge in [-0.3, -0.25) is 9.48 Å². The summed E-state index contributed by atoms with van der Waals surface area (Å²) in [7, 11) is 1.38. The van der Waals surface area contributed by atoms with Crippen molar-refractivity contribution in [2.24, 2.45) is 0 Å². The topological polar surface area (TPSA) is 44.1 Å². The lowest BCUT2D eigenvalue weighted by atomic mass is 10.0. The maximum absolute atomic E-state index is 11.7. The fraction of sp³-hybridized carbons (Fsp3) is 0.182. The molecule has 0 radical (unpaired) electrons. The van der Waals surface area contributed by atoms with Crippen molar-refractivity contribution in [1.82, 2.24) is 9.78 Å². The van der Waals surface area contributed by atoms with Crippen LogP contribution >= 0.6 is 0 Å². The van der Waals surface area contributed by atoms with Crippen molar-refractivity contribution in [1.29, 1.82) is 0 Å². The van der Waals surface area contributed by atoms with Crippen molar-refractivity contribution in [3.05, 3.63) is 78.9 Å². The smallest absolute Gasteiger partial charge is 0.327 e. The second-order valence-corrected chi connectivity index (χ2v) is 6.16. The third-order valence-corrected chi connectivity index (χ3v) is 4.39. The van der Waals surface area contributed by atoms with E-state index in [1.54, 1.807) is 10.8 Å². The molecular weight excluding hydrogens is 324 g/mol. The Morgan fingerprint density at radius 2 is 2.04 bits per heavy atom. The van der Waals surface area contributed by atoms with Gasteiger partial charge in [0.2, 0.25) is 0 Å². The molecule has 0 bridgehead atoms. The van der Waals surface area contributed by atoms with E-state index in [9.17, 15) is 4.79 Å². The number of rotatable bonds is 7. The normalized spacial score (nSPS) is 10.7. The molecule has 1 heterocycles. The van der Waals surface area contributed by atoms with Crippen LogP contribution < -0.4 is 0 Å². The number of para-hydroxylation sites is 1. The van der Waals surface area contributed by atoms with Crippen molar-refractivity contribution in [3.8, 4) is 11.3 Å². The van der Waals surface area contributed by atoms with Gasteiger partial charge in [0.25, 0.3) is 0 Å². The lowest BCUT2D eigenvalue weighted by Gasteiger charge is -2.04. The molecule has 1 aromatic heterocycles. The number of carbonyl (C=O) groups is 1. The average molecular weight is 346 g/mol.